The largest absolute Gasteiger partial charge is 0.496 e. The van der Waals surface area contributed by atoms with Crippen LogP contribution in [0.2, 0.25) is 0 Å². The Balaban J connectivity index is 0.000000199. The highest BCUT2D eigenvalue weighted by atomic mass is 32.2. The van der Waals surface area contributed by atoms with E-state index in [9.17, 15) is 14.0 Å². The smallest absolute Gasteiger partial charge is 0.270 e. The van der Waals surface area contributed by atoms with Crippen molar-refractivity contribution in [3.05, 3.63) is 83.8 Å². The van der Waals surface area contributed by atoms with Gasteiger partial charge in [-0.1, -0.05) is 31.9 Å². The van der Waals surface area contributed by atoms with Gasteiger partial charge in [-0.25, -0.2) is 4.39 Å². The molecule has 6 rings (SSSR count). The molecule has 5 aromatic rings. The minimum atomic E-state index is -0.333. The number of fused-ring (bicyclic) bond motifs is 2. The monoisotopic (exact) mass is 632 g/mol. The Morgan fingerprint density at radius 3 is 2.36 bits per heavy atom. The molecule has 2 N–H and O–H groups in total. The van der Waals surface area contributed by atoms with E-state index in [-0.39, 0.29) is 17.6 Å². The van der Waals surface area contributed by atoms with Crippen molar-refractivity contribution in [2.45, 2.75) is 33.1 Å². The number of furan rings is 1. The number of ether oxygens (including phenoxy) is 1. The van der Waals surface area contributed by atoms with E-state index in [4.69, 9.17) is 9.15 Å². The Bertz CT molecular complexity index is 1740. The maximum absolute atomic E-state index is 13.2. The molecule has 45 heavy (non-hydrogen) atoms. The Morgan fingerprint density at radius 1 is 1.00 bits per heavy atom. The van der Waals surface area contributed by atoms with E-state index in [2.05, 4.69) is 10.3 Å². The molecule has 1 saturated heterocycles. The topological polar surface area (TPSA) is 90.8 Å². The van der Waals surface area contributed by atoms with Crippen LogP contribution in [0, 0.1) is 5.82 Å². The molecule has 0 aliphatic carbocycles. The van der Waals surface area contributed by atoms with Gasteiger partial charge in [0.2, 0.25) is 0 Å². The van der Waals surface area contributed by atoms with Gasteiger partial charge >= 0.3 is 0 Å². The molecule has 1 fully saturated rings. The molecule has 0 spiro atoms. The van der Waals surface area contributed by atoms with Crippen molar-refractivity contribution in [3.8, 4) is 17.1 Å². The zero-order chi connectivity index (χ0) is 32.5. The van der Waals surface area contributed by atoms with Crippen LogP contribution in [0.4, 0.5) is 10.1 Å². The predicted molar refractivity (Wildman–Crippen MR) is 183 cm³/mol. The Morgan fingerprint density at radius 2 is 1.71 bits per heavy atom. The third-order valence-corrected chi connectivity index (χ3v) is 8.35. The number of nitrogens with zero attached hydrogens (tertiary/aromatic N) is 2. The van der Waals surface area contributed by atoms with Gasteiger partial charge in [-0.15, -0.1) is 0 Å². The van der Waals surface area contributed by atoms with Crippen LogP contribution >= 0.6 is 11.9 Å². The number of aromatic nitrogens is 1. The Labute approximate surface area is 268 Å². The summed E-state index contributed by atoms with van der Waals surface area (Å²) in [5.74, 6) is 0.761. The molecule has 2 amide bonds. The number of anilines is 1. The number of piperidine rings is 1. The van der Waals surface area contributed by atoms with Gasteiger partial charge < -0.3 is 28.7 Å². The lowest BCUT2D eigenvalue weighted by atomic mass is 10.0. The van der Waals surface area contributed by atoms with Gasteiger partial charge in [0, 0.05) is 61.4 Å². The number of likely N-dealkylation sites (tertiary alicyclic amines) is 1. The highest BCUT2D eigenvalue weighted by Gasteiger charge is 2.22. The summed E-state index contributed by atoms with van der Waals surface area (Å²) >= 11 is 1.58. The number of amides is 2. The van der Waals surface area contributed by atoms with Crippen LogP contribution in [0.25, 0.3) is 33.2 Å². The van der Waals surface area contributed by atoms with E-state index in [0.717, 1.165) is 53.7 Å². The number of carbonyl (C=O) groups excluding carboxylic acids is 2. The van der Waals surface area contributed by atoms with Crippen molar-refractivity contribution in [2.75, 3.05) is 44.9 Å². The standard InChI is InChI=1S/C18H17FN2O2S.C15H18N2O2.C2H6/c1-20-18(22)16-14-9-8-13(21(2)24-3)10-15(14)23-17(16)11-4-6-12(19)7-5-11;1-19-14-7-5-6-12-11(14)10-13(16-12)15(18)17-8-3-2-4-9-17;1-2/h4-10H,1-3H3,(H,20,22);5-7,10,16H,2-4,8-9H2,1H3;1-2H3. The highest BCUT2D eigenvalue weighted by Crippen LogP contribution is 2.36. The number of hydrogen-bond acceptors (Lipinski definition) is 6. The first-order chi connectivity index (χ1) is 21.8. The third kappa shape index (κ3) is 7.45. The minimum Gasteiger partial charge on any atom is -0.496 e. The number of rotatable bonds is 6. The highest BCUT2D eigenvalue weighted by molar-refractivity contribution is 7.99. The molecule has 0 saturated carbocycles. The third-order valence-electron chi connectivity index (χ3n) is 7.59. The van der Waals surface area contributed by atoms with Crippen molar-refractivity contribution in [1.29, 1.82) is 0 Å². The number of carbonyl (C=O) groups is 2. The van der Waals surface area contributed by atoms with Gasteiger partial charge in [0.25, 0.3) is 11.8 Å². The fourth-order valence-electron chi connectivity index (χ4n) is 5.23. The molecule has 8 nitrogen and oxygen atoms in total. The summed E-state index contributed by atoms with van der Waals surface area (Å²) in [4.78, 5) is 29.9. The lowest BCUT2D eigenvalue weighted by Crippen LogP contribution is -2.35. The number of methoxy groups -OCH3 is 1. The van der Waals surface area contributed by atoms with Crippen LogP contribution in [0.15, 0.2) is 71.1 Å². The molecular formula is C35H41FN4O4S. The summed E-state index contributed by atoms with van der Waals surface area (Å²) in [5.41, 5.74) is 4.30. The summed E-state index contributed by atoms with van der Waals surface area (Å²) in [6.45, 7) is 5.73. The maximum atomic E-state index is 13.2. The van der Waals surface area contributed by atoms with E-state index in [1.807, 2.05) is 78.8 Å². The molecule has 1 aliphatic heterocycles. The summed E-state index contributed by atoms with van der Waals surface area (Å²) in [6, 6.07) is 19.3. The minimum absolute atomic E-state index is 0.0953. The van der Waals surface area contributed by atoms with Crippen LogP contribution < -0.4 is 14.4 Å². The van der Waals surface area contributed by atoms with Crippen molar-refractivity contribution in [3.63, 3.8) is 0 Å². The second kappa shape index (κ2) is 15.5. The summed E-state index contributed by atoms with van der Waals surface area (Å²) in [5, 5.41) is 4.33. The number of nitrogens with one attached hydrogen (secondary N) is 2. The molecule has 3 heterocycles. The molecule has 238 valence electrons. The summed E-state index contributed by atoms with van der Waals surface area (Å²) < 4.78 is 26.5. The lowest BCUT2D eigenvalue weighted by molar-refractivity contribution is 0.0719. The molecule has 0 bridgehead atoms. The molecule has 1 aliphatic rings. The van der Waals surface area contributed by atoms with Gasteiger partial charge in [-0.05, 0) is 73.9 Å². The Hall–Kier alpha value is -4.44. The van der Waals surface area contributed by atoms with E-state index < -0.39 is 0 Å². The van der Waals surface area contributed by atoms with Gasteiger partial charge in [0.15, 0.2) is 0 Å². The zero-order valence-electron chi connectivity index (χ0n) is 26.7. The first-order valence-electron chi connectivity index (χ1n) is 15.1. The quantitative estimate of drug-likeness (QED) is 0.184. The first-order valence-corrected chi connectivity index (χ1v) is 16.3. The van der Waals surface area contributed by atoms with Gasteiger partial charge in [0.05, 0.1) is 18.4 Å². The van der Waals surface area contributed by atoms with Crippen molar-refractivity contribution >= 4 is 51.3 Å². The van der Waals surface area contributed by atoms with Crippen molar-refractivity contribution in [1.82, 2.24) is 15.2 Å². The molecule has 3 aromatic carbocycles. The molecule has 2 aromatic heterocycles. The maximum Gasteiger partial charge on any atom is 0.270 e. The Kier molecular flexibility index (Phi) is 11.5. The first kappa shape index (κ1) is 33.5. The molecule has 0 radical (unpaired) electrons. The van der Waals surface area contributed by atoms with Crippen LogP contribution in [-0.2, 0) is 0 Å². The van der Waals surface area contributed by atoms with Crippen LogP contribution in [0.1, 0.15) is 54.0 Å². The molecular weight excluding hydrogens is 591 g/mol. The number of H-pyrrole nitrogens is 1. The number of aromatic amines is 1. The fourth-order valence-corrected chi connectivity index (χ4v) is 5.55. The number of halogens is 1. The zero-order valence-corrected chi connectivity index (χ0v) is 27.5. The number of benzene rings is 3. The van der Waals surface area contributed by atoms with Gasteiger partial charge in [-0.2, -0.15) is 0 Å². The predicted octanol–water partition coefficient (Wildman–Crippen LogP) is 8.14. The second-order valence-corrected chi connectivity index (χ2v) is 11.1. The fraction of sp³-hybridized carbons (Fsp3) is 0.314. The SMILES string of the molecule is CC.CNC(=O)c1c(-c2ccc(F)cc2)oc2cc(N(C)SC)ccc12.COc1cccc2[nH]c(C(=O)N3CCCCC3)cc12. The van der Waals surface area contributed by atoms with Gasteiger partial charge in [-0.3, -0.25) is 9.59 Å². The van der Waals surface area contributed by atoms with E-state index >= 15 is 0 Å². The van der Waals surface area contributed by atoms with E-state index in [0.29, 0.717) is 28.2 Å². The van der Waals surface area contributed by atoms with Crippen molar-refractivity contribution < 1.29 is 23.1 Å². The van der Waals surface area contributed by atoms with Crippen LogP contribution in [-0.4, -0.2) is 62.2 Å². The molecule has 10 heteroatoms. The summed E-state index contributed by atoms with van der Waals surface area (Å²) in [7, 11) is 5.18. The summed E-state index contributed by atoms with van der Waals surface area (Å²) in [6.07, 6.45) is 5.42. The van der Waals surface area contributed by atoms with Crippen LogP contribution in [0.5, 0.6) is 5.75 Å². The van der Waals surface area contributed by atoms with Crippen LogP contribution in [0.3, 0.4) is 0 Å². The van der Waals surface area contributed by atoms with Crippen molar-refractivity contribution in [2.24, 2.45) is 0 Å². The number of hydrogen-bond donors (Lipinski definition) is 2. The lowest BCUT2D eigenvalue weighted by Gasteiger charge is -2.26. The average molecular weight is 633 g/mol. The normalized spacial score (nSPS) is 12.6. The second-order valence-electron chi connectivity index (χ2n) is 10.2. The molecule has 0 atom stereocenters. The van der Waals surface area contributed by atoms with E-state index in [1.165, 1.54) is 18.6 Å². The van der Waals surface area contributed by atoms with E-state index in [1.54, 1.807) is 38.2 Å². The molecule has 0 unspecified atom stereocenters. The van der Waals surface area contributed by atoms with Gasteiger partial charge in [0.1, 0.15) is 28.6 Å². The average Bonchev–Trinajstić information content (AvgIpc) is 3.71.